The van der Waals surface area contributed by atoms with E-state index in [1.165, 1.54) is 6.92 Å². The Balaban J connectivity index is 2.07. The third-order valence-electron chi connectivity index (χ3n) is 3.78. The molecule has 2 aromatic heterocycles. The van der Waals surface area contributed by atoms with Crippen LogP contribution in [0.15, 0.2) is 6.33 Å². The van der Waals surface area contributed by atoms with Crippen LogP contribution in [0.4, 0.5) is 26.3 Å². The summed E-state index contributed by atoms with van der Waals surface area (Å²) in [6.45, 7) is -0.953. The highest BCUT2D eigenvalue weighted by molar-refractivity contribution is 7.53. The summed E-state index contributed by atoms with van der Waals surface area (Å²) in [6, 6.07) is 0. The van der Waals surface area contributed by atoms with Crippen molar-refractivity contribution >= 4 is 24.7 Å². The molecule has 2 rings (SSSR count). The van der Waals surface area contributed by atoms with Crippen molar-refractivity contribution in [3.8, 4) is 0 Å². The van der Waals surface area contributed by atoms with Crippen LogP contribution in [-0.4, -0.2) is 75.5 Å². The lowest BCUT2D eigenvalue weighted by molar-refractivity contribution is -0.166. The lowest BCUT2D eigenvalue weighted by atomic mass is 10.3. The summed E-state index contributed by atoms with van der Waals surface area (Å²) in [5, 5.41) is 7.60. The molecule has 0 bridgehead atoms. The molecular formula is C16H21F6N6O6P. The number of hydrogen-bond donors (Lipinski definition) is 1. The van der Waals surface area contributed by atoms with E-state index < -0.39 is 51.5 Å². The second-order valence-corrected chi connectivity index (χ2v) is 8.94. The van der Waals surface area contributed by atoms with E-state index >= 15 is 0 Å². The van der Waals surface area contributed by atoms with Crippen molar-refractivity contribution in [2.45, 2.75) is 45.3 Å². The van der Waals surface area contributed by atoms with E-state index in [-0.39, 0.29) is 30.0 Å². The van der Waals surface area contributed by atoms with Gasteiger partial charge >= 0.3 is 19.9 Å². The number of aromatic nitrogens is 5. The number of rotatable bonds is 13. The minimum atomic E-state index is -4.96. The largest absolute Gasteiger partial charge is 0.412 e. The van der Waals surface area contributed by atoms with Crippen molar-refractivity contribution in [2.75, 3.05) is 26.2 Å². The van der Waals surface area contributed by atoms with Gasteiger partial charge in [-0.3, -0.25) is 23.2 Å². The first kappa shape index (κ1) is 28.8. The number of amides is 1. The zero-order valence-electron chi connectivity index (χ0n) is 18.3. The average Bonchev–Trinajstić information content (AvgIpc) is 3.17. The van der Waals surface area contributed by atoms with Gasteiger partial charge in [-0.15, -0.1) is 5.10 Å². The number of nitrogens with one attached hydrogen (secondary N) is 1. The first-order valence-electron chi connectivity index (χ1n) is 9.82. The average molecular weight is 538 g/mol. The maximum atomic E-state index is 12.4. The molecule has 12 nitrogen and oxygen atoms in total. The molecule has 0 unspecified atom stereocenters. The molecule has 19 heteroatoms. The summed E-state index contributed by atoms with van der Waals surface area (Å²) in [5.41, 5.74) is 2.08. The van der Waals surface area contributed by atoms with Gasteiger partial charge in [0.2, 0.25) is 0 Å². The number of carbonyl (C=O) groups is 1. The van der Waals surface area contributed by atoms with Crippen LogP contribution in [-0.2, 0) is 29.7 Å². The second kappa shape index (κ2) is 12.0. The normalized spacial score (nSPS) is 13.8. The molecule has 0 aliphatic carbocycles. The van der Waals surface area contributed by atoms with Gasteiger partial charge < -0.3 is 4.74 Å². The lowest BCUT2D eigenvalue weighted by Gasteiger charge is -2.22. The minimum Gasteiger partial charge on any atom is -0.364 e. The quantitative estimate of drug-likeness (QED) is 0.175. The molecule has 198 valence electrons. The highest BCUT2D eigenvalue weighted by atomic mass is 31.2. The fraction of sp³-hybridized carbons (Fsp3) is 0.688. The minimum absolute atomic E-state index is 0.00927. The molecule has 2 aromatic rings. The molecule has 0 spiro atoms. The fourth-order valence-electron chi connectivity index (χ4n) is 2.32. The standard InChI is InChI=1S/C16H21F6N6O6P/c1-3-4-32-26-14(29)12-11-13(24-8-23-12)28(27-25-11)5-10(2)31-9-35(30,33-6-15(17,18)19)34-7-16(20,21)22/h8,10H,3-7,9H2,1-2H3,(H,26,29)/t10-/m1/s1. The summed E-state index contributed by atoms with van der Waals surface area (Å²) < 4.78 is 101. The Hall–Kier alpha value is -2.40. The van der Waals surface area contributed by atoms with Crippen molar-refractivity contribution in [3.05, 3.63) is 12.0 Å². The summed E-state index contributed by atoms with van der Waals surface area (Å²) in [7, 11) is -4.94. The molecule has 35 heavy (non-hydrogen) atoms. The van der Waals surface area contributed by atoms with E-state index in [2.05, 4.69) is 34.8 Å². The molecule has 0 saturated heterocycles. The maximum Gasteiger partial charge on any atom is 0.412 e. The van der Waals surface area contributed by atoms with Crippen LogP contribution < -0.4 is 5.48 Å². The molecule has 0 saturated carbocycles. The van der Waals surface area contributed by atoms with Crippen LogP contribution in [0.1, 0.15) is 30.8 Å². The molecule has 1 atom stereocenters. The van der Waals surface area contributed by atoms with Crippen molar-refractivity contribution in [3.63, 3.8) is 0 Å². The molecule has 1 N–H and O–H groups in total. The lowest BCUT2D eigenvalue weighted by Crippen LogP contribution is -2.25. The van der Waals surface area contributed by atoms with E-state index in [9.17, 15) is 35.7 Å². The Morgan fingerprint density at radius 2 is 1.77 bits per heavy atom. The third-order valence-corrected chi connectivity index (χ3v) is 5.29. The molecule has 0 aliphatic heterocycles. The van der Waals surface area contributed by atoms with E-state index in [1.54, 1.807) is 0 Å². The van der Waals surface area contributed by atoms with Crippen LogP contribution in [0.5, 0.6) is 0 Å². The van der Waals surface area contributed by atoms with Gasteiger partial charge in [0.1, 0.15) is 12.7 Å². The summed E-state index contributed by atoms with van der Waals surface area (Å²) in [5.74, 6) is -0.716. The Morgan fingerprint density at radius 3 is 2.34 bits per heavy atom. The smallest absolute Gasteiger partial charge is 0.364 e. The number of fused-ring (bicyclic) bond motifs is 1. The SMILES string of the molecule is CCCONC(=O)c1ncnc2c1nnn2C[C@@H](C)OCP(=O)(OCC(F)(F)F)OCC(F)(F)F. The van der Waals surface area contributed by atoms with Crippen molar-refractivity contribution in [2.24, 2.45) is 0 Å². The first-order chi connectivity index (χ1) is 16.2. The number of halogens is 6. The van der Waals surface area contributed by atoms with Crippen LogP contribution >= 0.6 is 7.60 Å². The topological polar surface area (TPSA) is 140 Å². The Morgan fingerprint density at radius 1 is 1.14 bits per heavy atom. The van der Waals surface area contributed by atoms with Gasteiger partial charge in [-0.1, -0.05) is 12.1 Å². The predicted molar refractivity (Wildman–Crippen MR) is 104 cm³/mol. The first-order valence-corrected chi connectivity index (χ1v) is 11.6. The number of hydrogen-bond acceptors (Lipinski definition) is 10. The van der Waals surface area contributed by atoms with Gasteiger partial charge in [0.25, 0.3) is 5.91 Å². The van der Waals surface area contributed by atoms with Crippen molar-refractivity contribution in [1.82, 2.24) is 30.4 Å². The van der Waals surface area contributed by atoms with Gasteiger partial charge in [0, 0.05) is 0 Å². The van der Waals surface area contributed by atoms with Gasteiger partial charge in [-0.25, -0.2) is 20.1 Å². The highest BCUT2D eigenvalue weighted by Gasteiger charge is 2.39. The molecule has 0 fully saturated rings. The zero-order valence-corrected chi connectivity index (χ0v) is 19.2. The Bertz CT molecular complexity index is 1010. The number of hydroxylamine groups is 1. The number of carbonyl (C=O) groups excluding carboxylic acids is 1. The highest BCUT2D eigenvalue weighted by Crippen LogP contribution is 2.50. The van der Waals surface area contributed by atoms with Gasteiger partial charge in [0.05, 0.1) is 19.3 Å². The van der Waals surface area contributed by atoms with Crippen LogP contribution in [0.3, 0.4) is 0 Å². The Kier molecular flexibility index (Phi) is 9.91. The molecule has 0 aliphatic rings. The van der Waals surface area contributed by atoms with Crippen molar-refractivity contribution < 1.29 is 54.3 Å². The van der Waals surface area contributed by atoms with Gasteiger partial charge in [-0.2, -0.15) is 26.3 Å². The zero-order chi connectivity index (χ0) is 26.3. The van der Waals surface area contributed by atoms with E-state index in [4.69, 9.17) is 9.57 Å². The monoisotopic (exact) mass is 538 g/mol. The molecule has 0 aromatic carbocycles. The summed E-state index contributed by atoms with van der Waals surface area (Å²) in [4.78, 5) is 24.9. The van der Waals surface area contributed by atoms with Crippen LogP contribution in [0.2, 0.25) is 0 Å². The number of nitrogens with zero attached hydrogens (tertiary/aromatic N) is 5. The third kappa shape index (κ3) is 9.64. The predicted octanol–water partition coefficient (Wildman–Crippen LogP) is 3.01. The van der Waals surface area contributed by atoms with Crippen molar-refractivity contribution in [1.29, 1.82) is 0 Å². The number of ether oxygens (including phenoxy) is 1. The fourth-order valence-corrected chi connectivity index (χ4v) is 3.66. The summed E-state index contributed by atoms with van der Waals surface area (Å²) in [6.07, 6.45) is -10.4. The van der Waals surface area contributed by atoms with E-state index in [1.807, 2.05) is 6.92 Å². The van der Waals surface area contributed by atoms with Crippen LogP contribution in [0, 0.1) is 0 Å². The second-order valence-electron chi connectivity index (χ2n) is 6.94. The van der Waals surface area contributed by atoms with Gasteiger partial charge in [-0.05, 0) is 13.3 Å². The molecule has 2 heterocycles. The van der Waals surface area contributed by atoms with E-state index in [0.29, 0.717) is 6.42 Å². The molecular weight excluding hydrogens is 517 g/mol. The summed E-state index contributed by atoms with van der Waals surface area (Å²) >= 11 is 0. The molecule has 0 radical (unpaired) electrons. The van der Waals surface area contributed by atoms with E-state index in [0.717, 1.165) is 11.0 Å². The van der Waals surface area contributed by atoms with Gasteiger partial charge in [0.15, 0.2) is 30.1 Å². The number of alkyl halides is 6. The Labute approximate surface area is 193 Å². The molecule has 1 amide bonds. The maximum absolute atomic E-state index is 12.4. The van der Waals surface area contributed by atoms with Crippen LogP contribution in [0.25, 0.3) is 11.2 Å².